The second-order valence-corrected chi connectivity index (χ2v) is 25.1. The van der Waals surface area contributed by atoms with Gasteiger partial charge in [0.2, 0.25) is 0 Å². The Balaban J connectivity index is 0.723. The number of fused-ring (bicyclic) bond motifs is 9. The van der Waals surface area contributed by atoms with Crippen LogP contribution >= 0.6 is 0 Å². The van der Waals surface area contributed by atoms with Gasteiger partial charge in [-0.1, -0.05) is 83.5 Å². The molecule has 0 N–H and O–H groups in total. The molecule has 0 aromatic carbocycles. The van der Waals surface area contributed by atoms with Gasteiger partial charge in [-0.05, 0) is 218 Å². The Labute approximate surface area is 363 Å². The van der Waals surface area contributed by atoms with Crippen molar-refractivity contribution in [2.45, 2.75) is 267 Å². The quantitative estimate of drug-likeness (QED) is 0.267. The summed E-state index contributed by atoms with van der Waals surface area (Å²) in [4.78, 5) is 3.38. The highest BCUT2D eigenvalue weighted by molar-refractivity contribution is 5.08. The van der Waals surface area contributed by atoms with Crippen molar-refractivity contribution in [3.63, 3.8) is 0 Å². The summed E-state index contributed by atoms with van der Waals surface area (Å²) in [6.45, 7) is 0. The Kier molecular flexibility index (Phi) is 12.1. The molecule has 10 aliphatic carbocycles. The van der Waals surface area contributed by atoms with Crippen LogP contribution in [0.25, 0.3) is 0 Å². The average Bonchev–Trinajstić information content (AvgIpc) is 3.88. The monoisotopic (exact) mass is 810 g/mol. The summed E-state index contributed by atoms with van der Waals surface area (Å²) in [7, 11) is 0. The van der Waals surface area contributed by atoms with E-state index in [0.29, 0.717) is 24.4 Å². The van der Waals surface area contributed by atoms with Crippen LogP contribution in [0.5, 0.6) is 0 Å². The van der Waals surface area contributed by atoms with E-state index in [1.807, 2.05) is 0 Å². The molecule has 15 atom stereocenters. The predicted octanol–water partition coefficient (Wildman–Crippen LogP) is 14.3. The van der Waals surface area contributed by atoms with Crippen molar-refractivity contribution in [1.29, 1.82) is 0 Å². The van der Waals surface area contributed by atoms with Crippen molar-refractivity contribution in [2.24, 2.45) is 82.9 Å². The van der Waals surface area contributed by atoms with Gasteiger partial charge in [0.1, 0.15) is 0 Å². The predicted molar refractivity (Wildman–Crippen MR) is 241 cm³/mol. The largest absolute Gasteiger partial charge is 0.374 e. The highest BCUT2D eigenvalue weighted by Crippen LogP contribution is 2.59. The molecule has 0 amide bonds. The number of ether oxygens (including phenoxy) is 2. The van der Waals surface area contributed by atoms with Gasteiger partial charge in [0.25, 0.3) is 0 Å². The van der Waals surface area contributed by atoms with Gasteiger partial charge >= 0.3 is 0 Å². The third-order valence-electron chi connectivity index (χ3n) is 23.0. The lowest BCUT2D eigenvalue weighted by Crippen LogP contribution is -2.54. The molecule has 332 valence electrons. The zero-order valence-electron chi connectivity index (χ0n) is 38.1. The zero-order chi connectivity index (χ0) is 38.9. The molecule has 12 rings (SSSR count). The molecule has 2 heterocycles. The number of rotatable bonds is 6. The van der Waals surface area contributed by atoms with E-state index in [1.54, 1.807) is 128 Å². The highest BCUT2D eigenvalue weighted by atomic mass is 16.5. The van der Waals surface area contributed by atoms with Crippen LogP contribution in [0, 0.1) is 82.9 Å². The Hall–Kier alpha value is -0.120. The Bertz CT molecular complexity index is 1320. The summed E-state index contributed by atoms with van der Waals surface area (Å²) in [6, 6.07) is 2.65. The minimum absolute atomic E-state index is 0.521. The van der Waals surface area contributed by atoms with E-state index in [2.05, 4.69) is 4.90 Å². The van der Waals surface area contributed by atoms with Crippen LogP contribution in [0.3, 0.4) is 0 Å². The summed E-state index contributed by atoms with van der Waals surface area (Å²) >= 11 is 0. The van der Waals surface area contributed by atoms with Crippen LogP contribution in [0.15, 0.2) is 0 Å². The molecule has 12 aliphatic rings. The van der Waals surface area contributed by atoms with Crippen molar-refractivity contribution in [2.75, 3.05) is 0 Å². The van der Waals surface area contributed by atoms with Gasteiger partial charge in [-0.15, -0.1) is 0 Å². The van der Waals surface area contributed by atoms with Crippen LogP contribution in [-0.4, -0.2) is 47.4 Å². The maximum absolute atomic E-state index is 7.56. The molecule has 0 aromatic rings. The van der Waals surface area contributed by atoms with Gasteiger partial charge in [0.15, 0.2) is 0 Å². The topological polar surface area (TPSA) is 21.7 Å². The SMILES string of the molecule is C1CCC2C(C1)CCCC2C1CCC(N(C2CCC(C3CCCC4CCCCC43)CC2)C2CCC(C3CCCC4C5CCC6OC7CCCCC7C6C5OC34)CC2)CC1. The number of nitrogens with zero attached hydrogens (tertiary/aromatic N) is 1. The van der Waals surface area contributed by atoms with E-state index in [1.165, 1.54) is 96.3 Å². The Morgan fingerprint density at radius 1 is 0.237 bits per heavy atom. The zero-order valence-corrected chi connectivity index (χ0v) is 38.1. The Morgan fingerprint density at radius 3 is 1.20 bits per heavy atom. The molecule has 0 aromatic heterocycles. The van der Waals surface area contributed by atoms with Gasteiger partial charge < -0.3 is 9.47 Å². The summed E-state index contributed by atoms with van der Waals surface area (Å²) < 4.78 is 14.4. The van der Waals surface area contributed by atoms with Gasteiger partial charge in [-0.3, -0.25) is 4.90 Å². The first kappa shape index (κ1) is 40.4. The molecule has 3 heteroatoms. The fourth-order valence-electron chi connectivity index (χ4n) is 20.6. The minimum Gasteiger partial charge on any atom is -0.374 e. The van der Waals surface area contributed by atoms with Gasteiger partial charge in [-0.2, -0.15) is 0 Å². The molecule has 59 heavy (non-hydrogen) atoms. The molecule has 0 bridgehead atoms. The highest BCUT2D eigenvalue weighted by Gasteiger charge is 2.60. The second-order valence-electron chi connectivity index (χ2n) is 25.1. The van der Waals surface area contributed by atoms with Crippen molar-refractivity contribution in [1.82, 2.24) is 4.90 Å². The second kappa shape index (κ2) is 17.7. The van der Waals surface area contributed by atoms with Crippen LogP contribution in [0.1, 0.15) is 225 Å². The smallest absolute Gasteiger partial charge is 0.0667 e. The van der Waals surface area contributed by atoms with Crippen molar-refractivity contribution in [3.05, 3.63) is 0 Å². The van der Waals surface area contributed by atoms with Crippen molar-refractivity contribution in [3.8, 4) is 0 Å². The van der Waals surface area contributed by atoms with Crippen LogP contribution < -0.4 is 0 Å². The molecule has 3 nitrogen and oxygen atoms in total. The lowest BCUT2D eigenvalue weighted by atomic mass is 9.59. The fraction of sp³-hybridized carbons (Fsp3) is 1.00. The first-order valence-electron chi connectivity index (χ1n) is 28.3. The van der Waals surface area contributed by atoms with Crippen molar-refractivity contribution < 1.29 is 9.47 Å². The molecule has 10 saturated carbocycles. The van der Waals surface area contributed by atoms with E-state index in [0.717, 1.165) is 101 Å². The molecule has 12 fully saturated rings. The van der Waals surface area contributed by atoms with E-state index in [-0.39, 0.29) is 0 Å². The molecule has 0 radical (unpaired) electrons. The fourth-order valence-corrected chi connectivity index (χ4v) is 20.6. The van der Waals surface area contributed by atoms with Crippen LogP contribution in [0.2, 0.25) is 0 Å². The number of hydrogen-bond acceptors (Lipinski definition) is 3. The minimum atomic E-state index is 0.521. The first-order valence-corrected chi connectivity index (χ1v) is 28.3. The molecule has 0 spiro atoms. The van der Waals surface area contributed by atoms with E-state index >= 15 is 0 Å². The summed E-state index contributed by atoms with van der Waals surface area (Å²) in [5.41, 5.74) is 0. The number of hydrogen-bond donors (Lipinski definition) is 0. The van der Waals surface area contributed by atoms with Crippen molar-refractivity contribution >= 4 is 0 Å². The molecule has 2 aliphatic heterocycles. The van der Waals surface area contributed by atoms with Crippen LogP contribution in [0.4, 0.5) is 0 Å². The third kappa shape index (κ3) is 7.63. The molecular weight excluding hydrogens is 719 g/mol. The van der Waals surface area contributed by atoms with Gasteiger partial charge in [-0.25, -0.2) is 0 Å². The van der Waals surface area contributed by atoms with E-state index in [9.17, 15) is 0 Å². The standard InChI is InChI=1S/C56H91NO2/c1-3-14-44-36(10-1)12-7-17-46(44)38-22-28-41(29-23-38)57(42-30-24-39(25-31-42)47-18-8-13-37-11-2-4-15-45(37)47)43-32-26-40(27-33-43)48-19-9-20-49-50-34-35-53-54(56(50)59-55(48)49)51-16-5-6-21-52(51)58-53/h36-56H,1-35H2. The maximum Gasteiger partial charge on any atom is 0.0667 e. The van der Waals surface area contributed by atoms with Gasteiger partial charge in [0, 0.05) is 24.0 Å². The summed E-state index contributed by atoms with van der Waals surface area (Å²) in [5, 5.41) is 0. The van der Waals surface area contributed by atoms with Gasteiger partial charge in [0.05, 0.1) is 24.4 Å². The first-order chi connectivity index (χ1) is 29.2. The molecular formula is C56H91NO2. The summed E-state index contributed by atoms with van der Waals surface area (Å²) in [6.07, 6.45) is 55.3. The molecule has 2 saturated heterocycles. The van der Waals surface area contributed by atoms with Crippen LogP contribution in [-0.2, 0) is 9.47 Å². The Morgan fingerprint density at radius 2 is 0.627 bits per heavy atom. The molecule has 15 unspecified atom stereocenters. The normalized spacial score (nSPS) is 53.9. The third-order valence-corrected chi connectivity index (χ3v) is 23.0. The van der Waals surface area contributed by atoms with E-state index < -0.39 is 0 Å². The average molecular weight is 810 g/mol. The summed E-state index contributed by atoms with van der Waals surface area (Å²) in [5.74, 6) is 13.7. The lowest BCUT2D eigenvalue weighted by molar-refractivity contribution is -0.0881. The lowest BCUT2D eigenvalue weighted by Gasteiger charge is -2.53. The van der Waals surface area contributed by atoms with E-state index in [4.69, 9.17) is 9.47 Å². The maximum atomic E-state index is 7.56.